The summed E-state index contributed by atoms with van der Waals surface area (Å²) in [4.78, 5) is 13.7. The molecule has 2 atom stereocenters. The third-order valence-corrected chi connectivity index (χ3v) is 6.17. The summed E-state index contributed by atoms with van der Waals surface area (Å²) in [6.07, 6.45) is 3.81. The molecule has 0 amide bonds. The van der Waals surface area contributed by atoms with E-state index >= 15 is 0 Å². The summed E-state index contributed by atoms with van der Waals surface area (Å²) in [5.74, 6) is 0.852. The van der Waals surface area contributed by atoms with E-state index < -0.39 is 5.97 Å². The largest absolute Gasteiger partial charge is 0.497 e. The summed E-state index contributed by atoms with van der Waals surface area (Å²) < 4.78 is 11.7. The van der Waals surface area contributed by atoms with Crippen molar-refractivity contribution < 1.29 is 19.4 Å². The van der Waals surface area contributed by atoms with Gasteiger partial charge in [-0.25, -0.2) is 4.79 Å². The normalized spacial score (nSPS) is 24.4. The molecule has 2 aromatic carbocycles. The quantitative estimate of drug-likeness (QED) is 0.862. The van der Waals surface area contributed by atoms with Crippen LogP contribution < -0.4 is 9.47 Å². The minimum absolute atomic E-state index is 0.131. The van der Waals surface area contributed by atoms with Crippen molar-refractivity contribution in [3.8, 4) is 11.5 Å². The molecule has 2 heterocycles. The van der Waals surface area contributed by atoms with Crippen molar-refractivity contribution in [2.24, 2.45) is 0 Å². The van der Waals surface area contributed by atoms with Crippen LogP contribution in [0.3, 0.4) is 0 Å². The third kappa shape index (κ3) is 3.72. The van der Waals surface area contributed by atoms with Crippen LogP contribution in [0.15, 0.2) is 42.5 Å². The van der Waals surface area contributed by atoms with Gasteiger partial charge in [-0.05, 0) is 67.6 Å². The van der Waals surface area contributed by atoms with Crippen LogP contribution in [0.2, 0.25) is 0 Å². The summed E-state index contributed by atoms with van der Waals surface area (Å²) in [7, 11) is 1.69. The molecule has 1 N–H and O–H groups in total. The first-order valence-corrected chi connectivity index (χ1v) is 9.90. The number of likely N-dealkylation sites (tertiary alicyclic amines) is 1. The maximum atomic E-state index is 11.2. The number of fused-ring (bicyclic) bond motifs is 1. The fraction of sp³-hybridized carbons (Fsp3) is 0.435. The number of aromatic carboxylic acids is 1. The number of hydrogen-bond donors (Lipinski definition) is 1. The van der Waals surface area contributed by atoms with Gasteiger partial charge in [-0.2, -0.15) is 0 Å². The van der Waals surface area contributed by atoms with Crippen molar-refractivity contribution in [3.63, 3.8) is 0 Å². The summed E-state index contributed by atoms with van der Waals surface area (Å²) >= 11 is 0. The van der Waals surface area contributed by atoms with E-state index in [-0.39, 0.29) is 5.60 Å². The summed E-state index contributed by atoms with van der Waals surface area (Å²) in [5.41, 5.74) is 2.51. The molecule has 1 spiro atoms. The number of ether oxygens (including phenoxy) is 2. The molecule has 2 aliphatic heterocycles. The van der Waals surface area contributed by atoms with Crippen LogP contribution in [-0.4, -0.2) is 41.3 Å². The molecule has 0 bridgehead atoms. The van der Waals surface area contributed by atoms with E-state index in [1.165, 1.54) is 5.56 Å². The Balaban J connectivity index is 1.42. The van der Waals surface area contributed by atoms with Gasteiger partial charge in [-0.1, -0.05) is 12.1 Å². The van der Waals surface area contributed by atoms with E-state index in [2.05, 4.69) is 24.0 Å². The number of aryl methyl sites for hydroxylation is 1. The average molecular weight is 381 g/mol. The Morgan fingerprint density at radius 3 is 2.71 bits per heavy atom. The second-order valence-electron chi connectivity index (χ2n) is 8.03. The lowest BCUT2D eigenvalue weighted by Gasteiger charge is -2.47. The molecular formula is C23H27NO4. The highest BCUT2D eigenvalue weighted by molar-refractivity contribution is 5.88. The Kier molecular flexibility index (Phi) is 5.02. The Morgan fingerprint density at radius 2 is 2.04 bits per heavy atom. The third-order valence-electron chi connectivity index (χ3n) is 6.17. The number of carboxylic acid groups (broad SMARTS) is 1. The molecule has 0 aliphatic carbocycles. The van der Waals surface area contributed by atoms with Crippen LogP contribution in [0.5, 0.6) is 11.5 Å². The molecule has 2 aliphatic rings. The molecule has 2 unspecified atom stereocenters. The second kappa shape index (κ2) is 7.47. The van der Waals surface area contributed by atoms with Crippen LogP contribution in [0.4, 0.5) is 0 Å². The molecule has 1 saturated heterocycles. The number of carbonyl (C=O) groups is 1. The van der Waals surface area contributed by atoms with Crippen molar-refractivity contribution in [1.82, 2.24) is 4.90 Å². The fourth-order valence-electron chi connectivity index (χ4n) is 4.51. The highest BCUT2D eigenvalue weighted by atomic mass is 16.5. The van der Waals surface area contributed by atoms with Crippen molar-refractivity contribution in [1.29, 1.82) is 0 Å². The smallest absolute Gasteiger partial charge is 0.335 e. The van der Waals surface area contributed by atoms with Crippen LogP contribution in [-0.2, 0) is 13.0 Å². The van der Waals surface area contributed by atoms with Crippen molar-refractivity contribution >= 4 is 5.97 Å². The van der Waals surface area contributed by atoms with Gasteiger partial charge in [0, 0.05) is 25.6 Å². The summed E-state index contributed by atoms with van der Waals surface area (Å²) in [5, 5.41) is 9.19. The van der Waals surface area contributed by atoms with E-state index in [4.69, 9.17) is 9.47 Å². The first-order chi connectivity index (χ1) is 13.5. The van der Waals surface area contributed by atoms with Gasteiger partial charge in [0.05, 0.1) is 12.7 Å². The molecule has 4 rings (SSSR count). The zero-order valence-corrected chi connectivity index (χ0v) is 16.5. The summed E-state index contributed by atoms with van der Waals surface area (Å²) in [6, 6.07) is 13.9. The van der Waals surface area contributed by atoms with Crippen LogP contribution in [0.25, 0.3) is 0 Å². The number of nitrogens with zero attached hydrogens (tertiary/aromatic N) is 1. The second-order valence-corrected chi connectivity index (χ2v) is 8.03. The standard InChI is InChI=1S/C23H27NO4/c1-16-14-23(10-9-18-13-19(22(25)26)5-8-21(18)28-23)11-12-24(16)15-17-3-6-20(27-2)7-4-17/h3-8,13,16H,9-12,14-15H2,1-2H3,(H,25,26). The van der Waals surface area contributed by atoms with Gasteiger partial charge in [0.25, 0.3) is 0 Å². The number of methoxy groups -OCH3 is 1. The van der Waals surface area contributed by atoms with Crippen LogP contribution >= 0.6 is 0 Å². The highest BCUT2D eigenvalue weighted by Gasteiger charge is 2.42. The maximum absolute atomic E-state index is 11.2. The average Bonchev–Trinajstić information content (AvgIpc) is 2.70. The molecule has 5 nitrogen and oxygen atoms in total. The fourth-order valence-corrected chi connectivity index (χ4v) is 4.51. The molecule has 0 saturated carbocycles. The summed E-state index contributed by atoms with van der Waals surface area (Å²) in [6.45, 7) is 4.20. The zero-order chi connectivity index (χ0) is 19.7. The maximum Gasteiger partial charge on any atom is 0.335 e. The molecule has 1 fully saturated rings. The first-order valence-electron chi connectivity index (χ1n) is 9.90. The Bertz CT molecular complexity index is 863. The van der Waals surface area contributed by atoms with Crippen LogP contribution in [0, 0.1) is 0 Å². The monoisotopic (exact) mass is 381 g/mol. The van der Waals surface area contributed by atoms with Gasteiger partial charge in [0.15, 0.2) is 0 Å². The minimum Gasteiger partial charge on any atom is -0.497 e. The van der Waals surface area contributed by atoms with Gasteiger partial charge in [0.2, 0.25) is 0 Å². The van der Waals surface area contributed by atoms with Gasteiger partial charge in [0.1, 0.15) is 17.1 Å². The molecule has 0 aromatic heterocycles. The van der Waals surface area contributed by atoms with Crippen molar-refractivity contribution in [2.45, 2.75) is 50.8 Å². The molecule has 2 aromatic rings. The van der Waals surface area contributed by atoms with E-state index in [0.717, 1.165) is 55.8 Å². The lowest BCUT2D eigenvalue weighted by atomic mass is 9.80. The number of carboxylic acids is 1. The molecule has 148 valence electrons. The topological polar surface area (TPSA) is 59.0 Å². The van der Waals surface area contributed by atoms with Crippen LogP contribution in [0.1, 0.15) is 47.7 Å². The van der Waals surface area contributed by atoms with E-state index in [0.29, 0.717) is 11.6 Å². The van der Waals surface area contributed by atoms with Gasteiger partial charge >= 0.3 is 5.97 Å². The number of piperidine rings is 1. The van der Waals surface area contributed by atoms with Crippen molar-refractivity contribution in [2.75, 3.05) is 13.7 Å². The Morgan fingerprint density at radius 1 is 1.25 bits per heavy atom. The van der Waals surface area contributed by atoms with E-state index in [1.807, 2.05) is 18.2 Å². The first kappa shape index (κ1) is 18.8. The van der Waals surface area contributed by atoms with E-state index in [1.54, 1.807) is 19.2 Å². The van der Waals surface area contributed by atoms with Gasteiger partial charge in [-0.15, -0.1) is 0 Å². The number of hydrogen-bond acceptors (Lipinski definition) is 4. The Labute approximate surface area is 165 Å². The van der Waals surface area contributed by atoms with Gasteiger partial charge in [-0.3, -0.25) is 4.90 Å². The number of benzene rings is 2. The molecule has 0 radical (unpaired) electrons. The lowest BCUT2D eigenvalue weighted by Crippen LogP contribution is -2.53. The predicted molar refractivity (Wildman–Crippen MR) is 107 cm³/mol. The predicted octanol–water partition coefficient (Wildman–Crippen LogP) is 4.14. The Hall–Kier alpha value is -2.53. The van der Waals surface area contributed by atoms with Gasteiger partial charge < -0.3 is 14.6 Å². The molecule has 5 heteroatoms. The SMILES string of the molecule is COc1ccc(CN2CCC3(CCc4cc(C(=O)O)ccc4O3)CC2C)cc1. The molecular weight excluding hydrogens is 354 g/mol. The lowest BCUT2D eigenvalue weighted by molar-refractivity contribution is -0.0388. The van der Waals surface area contributed by atoms with Crippen molar-refractivity contribution in [3.05, 3.63) is 59.2 Å². The highest BCUT2D eigenvalue weighted by Crippen LogP contribution is 2.41. The van der Waals surface area contributed by atoms with E-state index in [9.17, 15) is 9.90 Å². The molecule has 28 heavy (non-hydrogen) atoms. The number of rotatable bonds is 4. The zero-order valence-electron chi connectivity index (χ0n) is 16.5. The minimum atomic E-state index is -0.886.